The van der Waals surface area contributed by atoms with Crippen LogP contribution in [0.2, 0.25) is 0 Å². The lowest BCUT2D eigenvalue weighted by Gasteiger charge is -2.10. The van der Waals surface area contributed by atoms with Crippen LogP contribution in [0.5, 0.6) is 0 Å². The zero-order valence-corrected chi connectivity index (χ0v) is 12.5. The molecule has 2 rings (SSSR count). The molecular formula is C13H13BrF3N3O. The molecule has 8 heteroatoms. The van der Waals surface area contributed by atoms with Gasteiger partial charge >= 0.3 is 6.18 Å². The van der Waals surface area contributed by atoms with Gasteiger partial charge in [-0.05, 0) is 37.6 Å². The summed E-state index contributed by atoms with van der Waals surface area (Å²) in [6, 6.07) is 3.83. The van der Waals surface area contributed by atoms with Crippen LogP contribution in [0.15, 0.2) is 27.2 Å². The highest BCUT2D eigenvalue weighted by molar-refractivity contribution is 9.10. The van der Waals surface area contributed by atoms with E-state index in [0.717, 1.165) is 18.9 Å². The highest BCUT2D eigenvalue weighted by Gasteiger charge is 2.35. The summed E-state index contributed by atoms with van der Waals surface area (Å²) in [7, 11) is 0. The van der Waals surface area contributed by atoms with Gasteiger partial charge in [0.25, 0.3) is 0 Å². The fourth-order valence-corrected chi connectivity index (χ4v) is 2.19. The number of alkyl halides is 3. The topological polar surface area (TPSA) is 64.9 Å². The van der Waals surface area contributed by atoms with E-state index in [1.165, 1.54) is 12.1 Å². The largest absolute Gasteiger partial charge is 0.417 e. The van der Waals surface area contributed by atoms with Crippen LogP contribution in [-0.2, 0) is 12.6 Å². The average Bonchev–Trinajstić information content (AvgIpc) is 2.87. The van der Waals surface area contributed by atoms with Gasteiger partial charge in [-0.2, -0.15) is 18.2 Å². The Labute approximate surface area is 127 Å². The minimum atomic E-state index is -4.49. The van der Waals surface area contributed by atoms with Crippen molar-refractivity contribution in [1.29, 1.82) is 0 Å². The third kappa shape index (κ3) is 4.04. The first-order valence-corrected chi connectivity index (χ1v) is 7.11. The summed E-state index contributed by atoms with van der Waals surface area (Å²) >= 11 is 3.03. The molecule has 1 heterocycles. The molecule has 0 aliphatic rings. The summed E-state index contributed by atoms with van der Waals surface area (Å²) in [6.07, 6.45) is -2.43. The van der Waals surface area contributed by atoms with Crippen molar-refractivity contribution in [2.75, 3.05) is 6.54 Å². The van der Waals surface area contributed by atoms with Crippen LogP contribution < -0.4 is 5.73 Å². The molecule has 0 radical (unpaired) electrons. The summed E-state index contributed by atoms with van der Waals surface area (Å²) in [5.74, 6) is 0.257. The van der Waals surface area contributed by atoms with Gasteiger partial charge in [0.1, 0.15) is 0 Å². The summed E-state index contributed by atoms with van der Waals surface area (Å²) in [5.41, 5.74) is 4.48. The monoisotopic (exact) mass is 363 g/mol. The number of nitrogens with two attached hydrogens (primary N) is 1. The molecule has 0 unspecified atom stereocenters. The lowest BCUT2D eigenvalue weighted by molar-refractivity contribution is -0.137. The second-order valence-corrected chi connectivity index (χ2v) is 5.36. The lowest BCUT2D eigenvalue weighted by Crippen LogP contribution is -2.07. The van der Waals surface area contributed by atoms with Gasteiger partial charge in [-0.3, -0.25) is 0 Å². The third-order valence-corrected chi connectivity index (χ3v) is 3.33. The molecule has 4 nitrogen and oxygen atoms in total. The maximum absolute atomic E-state index is 13.0. The molecule has 0 spiro atoms. The van der Waals surface area contributed by atoms with Gasteiger partial charge in [0.2, 0.25) is 11.7 Å². The first-order chi connectivity index (χ1) is 9.91. The maximum atomic E-state index is 13.0. The molecule has 0 bridgehead atoms. The van der Waals surface area contributed by atoms with E-state index in [0.29, 0.717) is 23.3 Å². The summed E-state index contributed by atoms with van der Waals surface area (Å²) in [5, 5.41) is 3.64. The van der Waals surface area contributed by atoms with E-state index in [2.05, 4.69) is 26.1 Å². The Morgan fingerprint density at radius 3 is 2.67 bits per heavy atom. The van der Waals surface area contributed by atoms with Crippen molar-refractivity contribution in [3.8, 4) is 11.4 Å². The number of aryl methyl sites for hydroxylation is 1. The predicted octanol–water partition coefficient (Wildman–Crippen LogP) is 3.80. The molecule has 0 fully saturated rings. The molecule has 0 aliphatic carbocycles. The fraction of sp³-hybridized carbons (Fsp3) is 0.385. The quantitative estimate of drug-likeness (QED) is 0.820. The maximum Gasteiger partial charge on any atom is 0.417 e. The molecule has 0 saturated carbocycles. The van der Waals surface area contributed by atoms with Crippen LogP contribution in [0.1, 0.15) is 24.3 Å². The highest BCUT2D eigenvalue weighted by atomic mass is 79.9. The minimum Gasteiger partial charge on any atom is -0.339 e. The van der Waals surface area contributed by atoms with Gasteiger partial charge in [-0.1, -0.05) is 21.1 Å². The Hall–Kier alpha value is -1.41. The van der Waals surface area contributed by atoms with Gasteiger partial charge in [0.15, 0.2) is 0 Å². The molecule has 0 amide bonds. The first-order valence-electron chi connectivity index (χ1n) is 6.31. The van der Waals surface area contributed by atoms with E-state index in [4.69, 9.17) is 10.3 Å². The van der Waals surface area contributed by atoms with Crippen molar-refractivity contribution in [1.82, 2.24) is 10.1 Å². The van der Waals surface area contributed by atoms with Crippen molar-refractivity contribution in [3.05, 3.63) is 34.1 Å². The number of nitrogens with zero attached hydrogens (tertiary/aromatic N) is 2. The molecule has 1 aromatic heterocycles. The SMILES string of the molecule is NCCCCc1nc(-c2ccc(Br)cc2C(F)(F)F)no1. The van der Waals surface area contributed by atoms with Crippen molar-refractivity contribution >= 4 is 15.9 Å². The Balaban J connectivity index is 2.30. The van der Waals surface area contributed by atoms with Gasteiger partial charge in [0.05, 0.1) is 5.56 Å². The number of rotatable bonds is 5. The minimum absolute atomic E-state index is 0.0578. The number of benzene rings is 1. The zero-order valence-electron chi connectivity index (χ0n) is 11.0. The molecule has 21 heavy (non-hydrogen) atoms. The predicted molar refractivity (Wildman–Crippen MR) is 74.4 cm³/mol. The Morgan fingerprint density at radius 2 is 2.00 bits per heavy atom. The van der Waals surface area contributed by atoms with Crippen molar-refractivity contribution in [2.24, 2.45) is 5.73 Å². The standard InChI is InChI=1S/C13H13BrF3N3O/c14-8-4-5-9(10(7-8)13(15,16)17)12-19-11(21-20-12)3-1-2-6-18/h4-5,7H,1-3,6,18H2. The van der Waals surface area contributed by atoms with Crippen LogP contribution >= 0.6 is 15.9 Å². The van der Waals surface area contributed by atoms with Crippen LogP contribution in [0.3, 0.4) is 0 Å². The summed E-state index contributed by atoms with van der Waals surface area (Å²) in [6.45, 7) is 0.548. The van der Waals surface area contributed by atoms with Crippen LogP contribution in [0.25, 0.3) is 11.4 Å². The summed E-state index contributed by atoms with van der Waals surface area (Å²) < 4.78 is 44.5. The number of unbranched alkanes of at least 4 members (excludes halogenated alkanes) is 1. The van der Waals surface area contributed by atoms with E-state index in [-0.39, 0.29) is 11.4 Å². The number of aromatic nitrogens is 2. The molecule has 0 aliphatic heterocycles. The lowest BCUT2D eigenvalue weighted by atomic mass is 10.1. The molecule has 2 N–H and O–H groups in total. The van der Waals surface area contributed by atoms with Crippen molar-refractivity contribution in [3.63, 3.8) is 0 Å². The van der Waals surface area contributed by atoms with Gasteiger partial charge < -0.3 is 10.3 Å². The second-order valence-electron chi connectivity index (χ2n) is 4.45. The van der Waals surface area contributed by atoms with Gasteiger partial charge in [-0.25, -0.2) is 0 Å². The fourth-order valence-electron chi connectivity index (χ4n) is 1.83. The summed E-state index contributed by atoms with van der Waals surface area (Å²) in [4.78, 5) is 4.02. The zero-order chi connectivity index (χ0) is 15.5. The third-order valence-electron chi connectivity index (χ3n) is 2.84. The Kier molecular flexibility index (Phi) is 5.00. The smallest absolute Gasteiger partial charge is 0.339 e. The van der Waals surface area contributed by atoms with Crippen LogP contribution in [0, 0.1) is 0 Å². The number of halogens is 4. The van der Waals surface area contributed by atoms with Crippen molar-refractivity contribution < 1.29 is 17.7 Å². The van der Waals surface area contributed by atoms with Crippen molar-refractivity contribution in [2.45, 2.75) is 25.4 Å². The van der Waals surface area contributed by atoms with E-state index in [1.54, 1.807) is 0 Å². The molecule has 0 atom stereocenters. The first kappa shape index (κ1) is 16.0. The number of hydrogen-bond donors (Lipinski definition) is 1. The Morgan fingerprint density at radius 1 is 1.24 bits per heavy atom. The molecular weight excluding hydrogens is 351 g/mol. The van der Waals surface area contributed by atoms with E-state index in [9.17, 15) is 13.2 Å². The molecule has 1 aromatic carbocycles. The van der Waals surface area contributed by atoms with Crippen LogP contribution in [-0.4, -0.2) is 16.7 Å². The number of hydrogen-bond acceptors (Lipinski definition) is 4. The average molecular weight is 364 g/mol. The van der Waals surface area contributed by atoms with Gasteiger partial charge in [0, 0.05) is 16.5 Å². The van der Waals surface area contributed by atoms with Crippen LogP contribution in [0.4, 0.5) is 13.2 Å². The molecule has 0 saturated heterocycles. The van der Waals surface area contributed by atoms with Gasteiger partial charge in [-0.15, -0.1) is 0 Å². The highest BCUT2D eigenvalue weighted by Crippen LogP contribution is 2.37. The normalized spacial score (nSPS) is 11.9. The second kappa shape index (κ2) is 6.57. The van der Waals surface area contributed by atoms with E-state index >= 15 is 0 Å². The molecule has 114 valence electrons. The Bertz CT molecular complexity index is 613. The van der Waals surface area contributed by atoms with E-state index < -0.39 is 11.7 Å². The molecule has 2 aromatic rings. The van der Waals surface area contributed by atoms with E-state index in [1.807, 2.05) is 0 Å².